The fourth-order valence-corrected chi connectivity index (χ4v) is 1.06. The highest BCUT2D eigenvalue weighted by atomic mass is 32.1. The molecule has 1 aromatic rings. The molecular formula is C9H10O2S2. The first-order valence-corrected chi connectivity index (χ1v) is 4.89. The van der Waals surface area contributed by atoms with E-state index in [1.807, 2.05) is 0 Å². The number of rotatable bonds is 3. The van der Waals surface area contributed by atoms with E-state index in [1.54, 1.807) is 24.3 Å². The molecule has 0 aliphatic carbocycles. The van der Waals surface area contributed by atoms with Crippen molar-refractivity contribution in [3.05, 3.63) is 29.8 Å². The van der Waals surface area contributed by atoms with Crippen molar-refractivity contribution in [2.24, 2.45) is 0 Å². The second-order valence-corrected chi connectivity index (χ2v) is 3.37. The number of carbonyl (C=O) groups is 1. The van der Waals surface area contributed by atoms with Crippen LogP contribution in [0.3, 0.4) is 0 Å². The van der Waals surface area contributed by atoms with Gasteiger partial charge in [-0.1, -0.05) is 0 Å². The van der Waals surface area contributed by atoms with Crippen LogP contribution in [-0.4, -0.2) is 18.3 Å². The molecule has 0 bridgehead atoms. The fraction of sp³-hybridized carbons (Fsp3) is 0.222. The summed E-state index contributed by atoms with van der Waals surface area (Å²) in [5, 5.41) is 0. The van der Waals surface area contributed by atoms with Crippen LogP contribution in [-0.2, 0) is 4.74 Å². The number of carbonyl (C=O) groups excluding carboxylic acids is 1. The highest BCUT2D eigenvalue weighted by Gasteiger charge is 2.04. The monoisotopic (exact) mass is 214 g/mol. The third-order valence-electron chi connectivity index (χ3n) is 1.43. The predicted molar refractivity (Wildman–Crippen MR) is 57.8 cm³/mol. The van der Waals surface area contributed by atoms with E-state index >= 15 is 0 Å². The molecule has 0 aliphatic rings. The number of thiol groups is 2. The molecule has 0 N–H and O–H groups in total. The summed E-state index contributed by atoms with van der Waals surface area (Å²) in [6.45, 7) is 0.338. The van der Waals surface area contributed by atoms with Crippen LogP contribution in [0.2, 0.25) is 0 Å². The fourth-order valence-electron chi connectivity index (χ4n) is 0.819. The predicted octanol–water partition coefficient (Wildman–Crippen LogP) is 2.06. The minimum absolute atomic E-state index is 0.317. The Labute approximate surface area is 88.1 Å². The van der Waals surface area contributed by atoms with Crippen LogP contribution in [0.25, 0.3) is 0 Å². The van der Waals surface area contributed by atoms with Gasteiger partial charge in [0.15, 0.2) is 0 Å². The van der Waals surface area contributed by atoms with Gasteiger partial charge in [0.1, 0.15) is 6.61 Å². The Morgan fingerprint density at radius 2 is 1.92 bits per heavy atom. The summed E-state index contributed by atoms with van der Waals surface area (Å²) in [6.07, 6.45) is 0. The Morgan fingerprint density at radius 3 is 2.46 bits per heavy atom. The van der Waals surface area contributed by atoms with Gasteiger partial charge in [0.05, 0.1) is 5.56 Å². The van der Waals surface area contributed by atoms with Crippen molar-refractivity contribution < 1.29 is 9.53 Å². The molecule has 0 fully saturated rings. The van der Waals surface area contributed by atoms with E-state index < -0.39 is 0 Å². The third kappa shape index (κ3) is 3.32. The Kier molecular flexibility index (Phi) is 4.18. The smallest absolute Gasteiger partial charge is 0.338 e. The van der Waals surface area contributed by atoms with E-state index in [0.29, 0.717) is 17.9 Å². The van der Waals surface area contributed by atoms with Crippen molar-refractivity contribution in [3.63, 3.8) is 0 Å². The van der Waals surface area contributed by atoms with Crippen molar-refractivity contribution in [3.8, 4) is 0 Å². The molecule has 1 aromatic carbocycles. The summed E-state index contributed by atoms with van der Waals surface area (Å²) >= 11 is 8.04. The summed E-state index contributed by atoms with van der Waals surface area (Å²) in [7, 11) is 0. The lowest BCUT2D eigenvalue weighted by Gasteiger charge is -2.02. The average molecular weight is 214 g/mol. The molecule has 0 unspecified atom stereocenters. The zero-order valence-corrected chi connectivity index (χ0v) is 8.72. The van der Waals surface area contributed by atoms with Gasteiger partial charge in [-0.05, 0) is 24.3 Å². The molecule has 0 aliphatic heterocycles. The molecule has 4 heteroatoms. The minimum atomic E-state index is -0.317. The Bertz CT molecular complexity index is 282. The van der Waals surface area contributed by atoms with Crippen LogP contribution in [0.1, 0.15) is 10.4 Å². The Morgan fingerprint density at radius 1 is 1.31 bits per heavy atom. The Hall–Kier alpha value is -0.610. The maximum atomic E-state index is 11.2. The summed E-state index contributed by atoms with van der Waals surface area (Å²) in [6, 6.07) is 6.87. The first-order chi connectivity index (χ1) is 6.24. The topological polar surface area (TPSA) is 26.3 Å². The summed E-state index contributed by atoms with van der Waals surface area (Å²) in [4.78, 5) is 12.1. The van der Waals surface area contributed by atoms with Crippen LogP contribution >= 0.6 is 25.3 Å². The third-order valence-corrected chi connectivity index (χ3v) is 1.91. The molecule has 0 heterocycles. The number of hydrogen-bond donors (Lipinski definition) is 2. The second-order valence-electron chi connectivity index (χ2n) is 2.41. The van der Waals surface area contributed by atoms with Gasteiger partial charge in [-0.25, -0.2) is 4.79 Å². The molecule has 0 saturated heterocycles. The van der Waals surface area contributed by atoms with Gasteiger partial charge in [-0.15, -0.1) is 12.6 Å². The zero-order chi connectivity index (χ0) is 9.68. The quantitative estimate of drug-likeness (QED) is 0.595. The first kappa shape index (κ1) is 10.5. The van der Waals surface area contributed by atoms with Gasteiger partial charge in [0.2, 0.25) is 0 Å². The summed E-state index contributed by atoms with van der Waals surface area (Å²) in [5.74, 6) is 0.221. The van der Waals surface area contributed by atoms with Crippen LogP contribution in [0.4, 0.5) is 0 Å². The van der Waals surface area contributed by atoms with E-state index in [-0.39, 0.29) is 5.97 Å². The van der Waals surface area contributed by atoms with E-state index in [2.05, 4.69) is 25.3 Å². The normalized spacial score (nSPS) is 9.69. The molecule has 0 atom stereocenters. The molecule has 0 spiro atoms. The summed E-state index contributed by atoms with van der Waals surface area (Å²) in [5.41, 5.74) is 0.541. The van der Waals surface area contributed by atoms with Crippen LogP contribution in [0, 0.1) is 0 Å². The lowest BCUT2D eigenvalue weighted by Crippen LogP contribution is -2.06. The van der Waals surface area contributed by atoms with Gasteiger partial charge >= 0.3 is 5.97 Å². The summed E-state index contributed by atoms with van der Waals surface area (Å²) < 4.78 is 4.88. The van der Waals surface area contributed by atoms with Crippen LogP contribution < -0.4 is 0 Å². The van der Waals surface area contributed by atoms with Crippen molar-refractivity contribution in [2.75, 3.05) is 12.4 Å². The van der Waals surface area contributed by atoms with Gasteiger partial charge in [-0.2, -0.15) is 12.6 Å². The van der Waals surface area contributed by atoms with Crippen molar-refractivity contribution in [1.29, 1.82) is 0 Å². The van der Waals surface area contributed by atoms with Gasteiger partial charge < -0.3 is 4.74 Å². The van der Waals surface area contributed by atoms with Gasteiger partial charge in [0, 0.05) is 10.6 Å². The van der Waals surface area contributed by atoms with E-state index in [0.717, 1.165) is 4.90 Å². The molecule has 13 heavy (non-hydrogen) atoms. The largest absolute Gasteiger partial charge is 0.461 e. The maximum absolute atomic E-state index is 11.2. The van der Waals surface area contributed by atoms with Crippen LogP contribution in [0.15, 0.2) is 29.2 Å². The Balaban J connectivity index is 2.61. The van der Waals surface area contributed by atoms with Gasteiger partial charge in [0.25, 0.3) is 0 Å². The SMILES string of the molecule is O=C(OCCS)c1ccc(S)cc1. The lowest BCUT2D eigenvalue weighted by molar-refractivity contribution is 0.0530. The van der Waals surface area contributed by atoms with E-state index in [1.165, 1.54) is 0 Å². The minimum Gasteiger partial charge on any atom is -0.461 e. The standard InChI is InChI=1S/C9H10O2S2/c10-9(11-5-6-12)7-1-3-8(13)4-2-7/h1-4,12-13H,5-6H2. The number of esters is 1. The number of benzene rings is 1. The van der Waals surface area contributed by atoms with Crippen molar-refractivity contribution in [2.45, 2.75) is 4.90 Å². The second kappa shape index (κ2) is 5.19. The highest BCUT2D eigenvalue weighted by molar-refractivity contribution is 7.80. The zero-order valence-electron chi connectivity index (χ0n) is 6.93. The van der Waals surface area contributed by atoms with E-state index in [9.17, 15) is 4.79 Å². The number of ether oxygens (including phenoxy) is 1. The van der Waals surface area contributed by atoms with Crippen LogP contribution in [0.5, 0.6) is 0 Å². The maximum Gasteiger partial charge on any atom is 0.338 e. The molecule has 0 saturated carbocycles. The molecule has 2 nitrogen and oxygen atoms in total. The van der Waals surface area contributed by atoms with Gasteiger partial charge in [-0.3, -0.25) is 0 Å². The highest BCUT2D eigenvalue weighted by Crippen LogP contribution is 2.08. The molecule has 0 aromatic heterocycles. The molecular weight excluding hydrogens is 204 g/mol. The molecule has 70 valence electrons. The first-order valence-electron chi connectivity index (χ1n) is 3.81. The van der Waals surface area contributed by atoms with E-state index in [4.69, 9.17) is 4.74 Å². The molecule has 0 radical (unpaired) electrons. The van der Waals surface area contributed by atoms with Crippen molar-refractivity contribution >= 4 is 31.2 Å². The molecule has 1 rings (SSSR count). The molecule has 0 amide bonds. The lowest BCUT2D eigenvalue weighted by atomic mass is 10.2. The van der Waals surface area contributed by atoms with Crippen molar-refractivity contribution in [1.82, 2.24) is 0 Å². The average Bonchev–Trinajstić information content (AvgIpc) is 2.15. The number of hydrogen-bond acceptors (Lipinski definition) is 4.